The molecule has 0 aromatic heterocycles. The quantitative estimate of drug-likeness (QED) is 0.379. The van der Waals surface area contributed by atoms with Crippen LogP contribution in [-0.2, 0) is 28.6 Å². The molecule has 0 spiro atoms. The number of nitrogens with zero attached hydrogens (tertiary/aromatic N) is 1. The summed E-state index contributed by atoms with van der Waals surface area (Å²) in [5, 5.41) is 35.9. The second-order valence-corrected chi connectivity index (χ2v) is 8.23. The molecule has 0 atom stereocenters. The van der Waals surface area contributed by atoms with Crippen LogP contribution in [0.25, 0.3) is 0 Å². The molecular formula is C22H22F3NO6S. The van der Waals surface area contributed by atoms with Crippen molar-refractivity contribution in [3.05, 3.63) is 59.2 Å². The molecule has 1 aliphatic rings. The van der Waals surface area contributed by atoms with Crippen LogP contribution < -0.4 is 0 Å². The number of phenolic OH excluding ortho intramolecular Hbond substituents is 2. The molecule has 4 N–H and O–H groups in total. The Morgan fingerprint density at radius 2 is 1.55 bits per heavy atom. The first-order valence-electron chi connectivity index (χ1n) is 9.62. The number of fused-ring (bicyclic) bond motifs is 1. The summed E-state index contributed by atoms with van der Waals surface area (Å²) in [6, 6.07) is 6.39. The summed E-state index contributed by atoms with van der Waals surface area (Å²) >= 11 is 1.18. The molecule has 0 radical (unpaired) electrons. The molecule has 1 aliphatic heterocycles. The molecule has 1 heterocycles. The maximum Gasteiger partial charge on any atom is 0.416 e. The minimum atomic E-state index is -4.38. The van der Waals surface area contributed by atoms with Gasteiger partial charge < -0.3 is 25.3 Å². The van der Waals surface area contributed by atoms with Crippen LogP contribution in [0.5, 0.6) is 11.5 Å². The van der Waals surface area contributed by atoms with Crippen LogP contribution in [0, 0.1) is 0 Å². The molecular weight excluding hydrogens is 463 g/mol. The standard InChI is InChI=1S/C18H18F3NO2S.C4H4O4/c1-22-8-6-11-10-15(23)16(24)17(14(11)7-9-22)25-13-4-2-12(3-5-13)18(19,20)21;5-3(6)1-2-4(7)8/h2-5,10,23-24H,6-9H2,1H3;1-2H,(H,5,6)(H,7,8)/b;2-1+. The highest BCUT2D eigenvalue weighted by Crippen LogP contribution is 2.45. The summed E-state index contributed by atoms with van der Waals surface area (Å²) in [6.07, 6.45) is -1.80. The molecule has 11 heteroatoms. The van der Waals surface area contributed by atoms with Crippen molar-refractivity contribution in [1.29, 1.82) is 0 Å². The summed E-state index contributed by atoms with van der Waals surface area (Å²) < 4.78 is 38.1. The Hall–Kier alpha value is -3.18. The molecule has 33 heavy (non-hydrogen) atoms. The monoisotopic (exact) mass is 485 g/mol. The normalized spacial score (nSPS) is 14.2. The van der Waals surface area contributed by atoms with Crippen LogP contribution in [0.3, 0.4) is 0 Å². The first kappa shape index (κ1) is 26.1. The zero-order valence-electron chi connectivity index (χ0n) is 17.5. The van der Waals surface area contributed by atoms with Gasteiger partial charge in [0.05, 0.1) is 10.5 Å². The number of hydrogen-bond acceptors (Lipinski definition) is 6. The molecule has 178 valence electrons. The molecule has 0 bridgehead atoms. The van der Waals surface area contributed by atoms with Gasteiger partial charge in [-0.1, -0.05) is 11.8 Å². The molecule has 0 saturated heterocycles. The fraction of sp³-hybridized carbons (Fsp3) is 0.273. The number of halogens is 3. The molecule has 0 aliphatic carbocycles. The van der Waals surface area contributed by atoms with Gasteiger partial charge in [0.2, 0.25) is 0 Å². The van der Waals surface area contributed by atoms with E-state index in [1.807, 2.05) is 7.05 Å². The van der Waals surface area contributed by atoms with Gasteiger partial charge in [0.1, 0.15) is 0 Å². The minimum Gasteiger partial charge on any atom is -0.504 e. The molecule has 2 aromatic rings. The predicted molar refractivity (Wildman–Crippen MR) is 115 cm³/mol. The number of hydrogen-bond donors (Lipinski definition) is 4. The summed E-state index contributed by atoms with van der Waals surface area (Å²) in [7, 11) is 2.01. The van der Waals surface area contributed by atoms with E-state index in [9.17, 15) is 33.0 Å². The van der Waals surface area contributed by atoms with Gasteiger partial charge in [0.25, 0.3) is 0 Å². The second kappa shape index (κ2) is 11.1. The van der Waals surface area contributed by atoms with Crippen molar-refractivity contribution in [3.8, 4) is 11.5 Å². The third kappa shape index (κ3) is 7.72. The molecule has 0 unspecified atom stereocenters. The predicted octanol–water partition coefficient (Wildman–Crippen LogP) is 4.01. The topological polar surface area (TPSA) is 118 Å². The van der Waals surface area contributed by atoms with E-state index in [0.717, 1.165) is 42.8 Å². The fourth-order valence-corrected chi connectivity index (χ4v) is 4.10. The zero-order chi connectivity index (χ0) is 24.8. The largest absolute Gasteiger partial charge is 0.504 e. The molecule has 7 nitrogen and oxygen atoms in total. The van der Waals surface area contributed by atoms with Crippen molar-refractivity contribution in [1.82, 2.24) is 4.90 Å². The van der Waals surface area contributed by atoms with Crippen LogP contribution in [0.1, 0.15) is 16.7 Å². The van der Waals surface area contributed by atoms with Gasteiger partial charge in [-0.25, -0.2) is 9.59 Å². The number of aliphatic carboxylic acids is 2. The van der Waals surface area contributed by atoms with Gasteiger partial charge in [0, 0.05) is 30.1 Å². The molecule has 0 fully saturated rings. The SMILES string of the molecule is CN1CCc2cc(O)c(O)c(Sc3ccc(C(F)(F)F)cc3)c2CC1.O=C(O)/C=C/C(=O)O. The number of likely N-dealkylation sites (N-methyl/N-ethyl adjacent to an activating group) is 1. The summed E-state index contributed by atoms with van der Waals surface area (Å²) in [5.74, 6) is -2.93. The number of carboxylic acid groups (broad SMARTS) is 2. The average Bonchev–Trinajstić information content (AvgIpc) is 2.91. The minimum absolute atomic E-state index is 0.197. The molecule has 0 amide bonds. The lowest BCUT2D eigenvalue weighted by Gasteiger charge is -2.15. The van der Waals surface area contributed by atoms with Crippen molar-refractivity contribution in [2.75, 3.05) is 20.1 Å². The number of carbonyl (C=O) groups is 2. The lowest BCUT2D eigenvalue weighted by Crippen LogP contribution is -2.20. The van der Waals surface area contributed by atoms with Gasteiger partial charge in [-0.3, -0.25) is 0 Å². The number of benzene rings is 2. The first-order valence-corrected chi connectivity index (χ1v) is 10.4. The van der Waals surface area contributed by atoms with Gasteiger partial charge >= 0.3 is 18.1 Å². The van der Waals surface area contributed by atoms with Crippen molar-refractivity contribution in [3.63, 3.8) is 0 Å². The Morgan fingerprint density at radius 1 is 1.00 bits per heavy atom. The summed E-state index contributed by atoms with van der Waals surface area (Å²) in [4.78, 5) is 22.4. The van der Waals surface area contributed by atoms with E-state index in [0.29, 0.717) is 28.4 Å². The Balaban J connectivity index is 0.000000414. The lowest BCUT2D eigenvalue weighted by molar-refractivity contribution is -0.137. The maximum atomic E-state index is 12.7. The Morgan fingerprint density at radius 3 is 2.06 bits per heavy atom. The van der Waals surface area contributed by atoms with Crippen LogP contribution in [0.4, 0.5) is 13.2 Å². The number of alkyl halides is 3. The maximum absolute atomic E-state index is 12.7. The van der Waals surface area contributed by atoms with Gasteiger partial charge in [-0.15, -0.1) is 0 Å². The van der Waals surface area contributed by atoms with Crippen molar-refractivity contribution < 1.29 is 43.2 Å². The molecule has 0 saturated carbocycles. The number of rotatable bonds is 4. The van der Waals surface area contributed by atoms with E-state index in [1.54, 1.807) is 6.07 Å². The van der Waals surface area contributed by atoms with E-state index < -0.39 is 23.7 Å². The van der Waals surface area contributed by atoms with Gasteiger partial charge in [-0.2, -0.15) is 13.2 Å². The van der Waals surface area contributed by atoms with Gasteiger partial charge in [-0.05, 0) is 61.3 Å². The Labute approximate surface area is 191 Å². The van der Waals surface area contributed by atoms with E-state index in [1.165, 1.54) is 23.9 Å². The van der Waals surface area contributed by atoms with Crippen LogP contribution in [-0.4, -0.2) is 57.4 Å². The summed E-state index contributed by atoms with van der Waals surface area (Å²) in [5.41, 5.74) is 1.20. The summed E-state index contributed by atoms with van der Waals surface area (Å²) in [6.45, 7) is 1.67. The second-order valence-electron chi connectivity index (χ2n) is 7.15. The molecule has 3 rings (SSSR count). The van der Waals surface area contributed by atoms with E-state index in [2.05, 4.69) is 4.90 Å². The third-order valence-corrected chi connectivity index (χ3v) is 5.86. The average molecular weight is 485 g/mol. The lowest BCUT2D eigenvalue weighted by atomic mass is 10.0. The van der Waals surface area contributed by atoms with E-state index >= 15 is 0 Å². The highest BCUT2D eigenvalue weighted by molar-refractivity contribution is 7.99. The van der Waals surface area contributed by atoms with Crippen LogP contribution in [0.2, 0.25) is 0 Å². The third-order valence-electron chi connectivity index (χ3n) is 4.71. The Kier molecular flexibility index (Phi) is 8.77. The van der Waals surface area contributed by atoms with E-state index in [-0.39, 0.29) is 11.5 Å². The smallest absolute Gasteiger partial charge is 0.416 e. The fourth-order valence-electron chi connectivity index (χ4n) is 3.03. The first-order chi connectivity index (χ1) is 15.4. The Bertz CT molecular complexity index is 1020. The van der Waals surface area contributed by atoms with Crippen LogP contribution >= 0.6 is 11.8 Å². The highest BCUT2D eigenvalue weighted by Gasteiger charge is 2.30. The number of carboxylic acids is 2. The molecule has 2 aromatic carbocycles. The van der Waals surface area contributed by atoms with Crippen LogP contribution in [0.15, 0.2) is 52.3 Å². The highest BCUT2D eigenvalue weighted by atomic mass is 32.2. The number of aromatic hydroxyl groups is 2. The van der Waals surface area contributed by atoms with Crippen molar-refractivity contribution in [2.45, 2.75) is 28.8 Å². The van der Waals surface area contributed by atoms with Gasteiger partial charge in [0.15, 0.2) is 11.5 Å². The number of phenols is 2. The zero-order valence-corrected chi connectivity index (χ0v) is 18.3. The van der Waals surface area contributed by atoms with Crippen molar-refractivity contribution in [2.24, 2.45) is 0 Å². The van der Waals surface area contributed by atoms with Crippen molar-refractivity contribution >= 4 is 23.7 Å². The van der Waals surface area contributed by atoms with E-state index in [4.69, 9.17) is 10.2 Å².